The van der Waals surface area contributed by atoms with Crippen LogP contribution < -0.4 is 4.74 Å². The fourth-order valence-corrected chi connectivity index (χ4v) is 2.40. The summed E-state index contributed by atoms with van der Waals surface area (Å²) < 4.78 is 22.8. The van der Waals surface area contributed by atoms with Crippen molar-refractivity contribution >= 4 is 28.9 Å². The molecule has 1 aliphatic rings. The third-order valence-electron chi connectivity index (χ3n) is 3.18. The molecule has 1 saturated heterocycles. The highest BCUT2D eigenvalue weighted by Crippen LogP contribution is 2.28. The van der Waals surface area contributed by atoms with Gasteiger partial charge >= 0.3 is 7.32 Å². The molecule has 23 heavy (non-hydrogen) atoms. The zero-order valence-electron chi connectivity index (χ0n) is 12.2. The van der Waals surface area contributed by atoms with Gasteiger partial charge < -0.3 is 18.7 Å². The third kappa shape index (κ3) is 4.33. The standard InChI is InChI=1S/C16H13BBrNO4/c1-19-13-2-4-14(5-3-13)23-15-6-7-16(18)12(10-15)11-22-17-20-8-9-21-17/h2-7,10H,8-9,11H2. The van der Waals surface area contributed by atoms with Crippen LogP contribution in [0.5, 0.6) is 11.5 Å². The van der Waals surface area contributed by atoms with Gasteiger partial charge in [0.05, 0.1) is 26.4 Å². The summed E-state index contributed by atoms with van der Waals surface area (Å²) in [6, 6.07) is 12.6. The van der Waals surface area contributed by atoms with E-state index in [9.17, 15) is 0 Å². The molecule has 0 radical (unpaired) electrons. The van der Waals surface area contributed by atoms with E-state index in [1.165, 1.54) is 0 Å². The van der Waals surface area contributed by atoms with Crippen LogP contribution in [-0.2, 0) is 20.6 Å². The van der Waals surface area contributed by atoms with Gasteiger partial charge in [0.25, 0.3) is 0 Å². The smallest absolute Gasteiger partial charge is 0.457 e. The quantitative estimate of drug-likeness (QED) is 0.577. The first-order valence-electron chi connectivity index (χ1n) is 7.03. The Morgan fingerprint density at radius 3 is 2.48 bits per heavy atom. The maximum atomic E-state index is 6.95. The lowest BCUT2D eigenvalue weighted by Gasteiger charge is -2.11. The van der Waals surface area contributed by atoms with Gasteiger partial charge in [-0.05, 0) is 35.9 Å². The first-order chi connectivity index (χ1) is 11.2. The fraction of sp³-hybridized carbons (Fsp3) is 0.188. The molecule has 0 N–H and O–H groups in total. The largest absolute Gasteiger partial charge is 0.639 e. The van der Waals surface area contributed by atoms with Crippen molar-refractivity contribution in [1.82, 2.24) is 0 Å². The highest BCUT2D eigenvalue weighted by atomic mass is 79.9. The van der Waals surface area contributed by atoms with E-state index in [1.807, 2.05) is 18.2 Å². The number of hydrogen-bond donors (Lipinski definition) is 0. The number of hydrogen-bond acceptors (Lipinski definition) is 4. The molecule has 0 saturated carbocycles. The van der Waals surface area contributed by atoms with Crippen LogP contribution in [0.3, 0.4) is 0 Å². The molecule has 3 rings (SSSR count). The van der Waals surface area contributed by atoms with Gasteiger partial charge in [0.15, 0.2) is 5.69 Å². The monoisotopic (exact) mass is 373 g/mol. The lowest BCUT2D eigenvalue weighted by molar-refractivity contribution is 0.170. The SMILES string of the molecule is [C-]#[N+]c1ccc(Oc2ccc(Br)c(COB3OCCO3)c2)cc1. The Bertz CT molecular complexity index is 711. The van der Waals surface area contributed by atoms with Crippen LogP contribution >= 0.6 is 15.9 Å². The summed E-state index contributed by atoms with van der Waals surface area (Å²) in [5.74, 6) is 1.37. The molecule has 0 aromatic heterocycles. The highest BCUT2D eigenvalue weighted by Gasteiger charge is 2.26. The number of nitrogens with zero attached hydrogens (tertiary/aromatic N) is 1. The predicted molar refractivity (Wildman–Crippen MR) is 89.4 cm³/mol. The van der Waals surface area contributed by atoms with Gasteiger partial charge in [-0.25, -0.2) is 4.85 Å². The van der Waals surface area contributed by atoms with Gasteiger partial charge in [0.1, 0.15) is 11.5 Å². The molecule has 0 aliphatic carbocycles. The van der Waals surface area contributed by atoms with Crippen molar-refractivity contribution in [2.45, 2.75) is 6.61 Å². The lowest BCUT2D eigenvalue weighted by atomic mass is 10.2. The Morgan fingerprint density at radius 2 is 1.78 bits per heavy atom. The summed E-state index contributed by atoms with van der Waals surface area (Å²) in [5.41, 5.74) is 1.51. The first kappa shape index (κ1) is 16.0. The first-order valence-corrected chi connectivity index (χ1v) is 7.82. The average Bonchev–Trinajstić information content (AvgIpc) is 3.09. The normalized spacial score (nSPS) is 13.8. The number of halogens is 1. The second-order valence-corrected chi connectivity index (χ2v) is 5.66. The van der Waals surface area contributed by atoms with Gasteiger partial charge in [-0.1, -0.05) is 28.1 Å². The van der Waals surface area contributed by atoms with Crippen LogP contribution in [0.2, 0.25) is 0 Å². The van der Waals surface area contributed by atoms with E-state index in [1.54, 1.807) is 24.3 Å². The highest BCUT2D eigenvalue weighted by molar-refractivity contribution is 9.10. The van der Waals surface area contributed by atoms with Crippen LogP contribution in [0, 0.1) is 6.57 Å². The number of benzene rings is 2. The summed E-state index contributed by atoms with van der Waals surface area (Å²) in [5, 5.41) is 0. The van der Waals surface area contributed by atoms with E-state index in [2.05, 4.69) is 20.8 Å². The topological polar surface area (TPSA) is 41.3 Å². The maximum absolute atomic E-state index is 6.95. The van der Waals surface area contributed by atoms with Crippen molar-refractivity contribution in [3.05, 3.63) is 63.9 Å². The van der Waals surface area contributed by atoms with Gasteiger partial charge in [-0.2, -0.15) is 0 Å². The maximum Gasteiger partial charge on any atom is 0.639 e. The van der Waals surface area contributed by atoms with Crippen molar-refractivity contribution in [1.29, 1.82) is 0 Å². The minimum absolute atomic E-state index is 0.346. The summed E-state index contributed by atoms with van der Waals surface area (Å²) in [7, 11) is -0.604. The predicted octanol–water partition coefficient (Wildman–Crippen LogP) is 4.34. The number of rotatable bonds is 5. The molecular formula is C16H13BBrNO4. The molecule has 0 atom stereocenters. The Hall–Kier alpha value is -1.85. The minimum Gasteiger partial charge on any atom is -0.457 e. The fourth-order valence-electron chi connectivity index (χ4n) is 2.04. The second-order valence-electron chi connectivity index (χ2n) is 4.80. The van der Waals surface area contributed by atoms with Crippen molar-refractivity contribution in [2.75, 3.05) is 13.2 Å². The molecule has 1 heterocycles. The zero-order chi connectivity index (χ0) is 16.1. The Morgan fingerprint density at radius 1 is 1.09 bits per heavy atom. The van der Waals surface area contributed by atoms with E-state index in [4.69, 9.17) is 25.3 Å². The molecule has 2 aromatic carbocycles. The summed E-state index contributed by atoms with van der Waals surface area (Å²) in [6.45, 7) is 8.40. The van der Waals surface area contributed by atoms with Crippen molar-refractivity contribution < 1.29 is 18.7 Å². The molecule has 1 fully saturated rings. The van der Waals surface area contributed by atoms with Gasteiger partial charge in [0, 0.05) is 4.47 Å². The summed E-state index contributed by atoms with van der Waals surface area (Å²) >= 11 is 3.49. The van der Waals surface area contributed by atoms with Gasteiger partial charge in [-0.15, -0.1) is 0 Å². The number of ether oxygens (including phenoxy) is 1. The van der Waals surface area contributed by atoms with Crippen LogP contribution in [0.15, 0.2) is 46.9 Å². The van der Waals surface area contributed by atoms with Crippen molar-refractivity contribution in [2.24, 2.45) is 0 Å². The summed E-state index contributed by atoms with van der Waals surface area (Å²) in [4.78, 5) is 3.35. The lowest BCUT2D eigenvalue weighted by Crippen LogP contribution is -2.19. The van der Waals surface area contributed by atoms with Crippen LogP contribution in [-0.4, -0.2) is 20.5 Å². The molecule has 0 unspecified atom stereocenters. The average molecular weight is 374 g/mol. The van der Waals surface area contributed by atoms with E-state index >= 15 is 0 Å². The molecule has 2 aromatic rings. The molecule has 0 bridgehead atoms. The van der Waals surface area contributed by atoms with Crippen molar-refractivity contribution in [3.8, 4) is 11.5 Å². The van der Waals surface area contributed by atoms with Crippen molar-refractivity contribution in [3.63, 3.8) is 0 Å². The molecule has 1 aliphatic heterocycles. The van der Waals surface area contributed by atoms with E-state index in [0.717, 1.165) is 10.0 Å². The molecule has 0 amide bonds. The van der Waals surface area contributed by atoms with Crippen LogP contribution in [0.1, 0.15) is 5.56 Å². The second kappa shape index (κ2) is 7.62. The van der Waals surface area contributed by atoms with Gasteiger partial charge in [-0.3, -0.25) is 0 Å². The van der Waals surface area contributed by atoms with Gasteiger partial charge in [0.2, 0.25) is 0 Å². The molecular weight excluding hydrogens is 361 g/mol. The Labute approximate surface area is 143 Å². The van der Waals surface area contributed by atoms with E-state index < -0.39 is 7.32 Å². The minimum atomic E-state index is -0.604. The molecule has 116 valence electrons. The molecule has 7 heteroatoms. The zero-order valence-corrected chi connectivity index (χ0v) is 13.8. The Kier molecular flexibility index (Phi) is 5.31. The van der Waals surface area contributed by atoms with Crippen LogP contribution in [0.4, 0.5) is 5.69 Å². The Balaban J connectivity index is 1.67. The third-order valence-corrected chi connectivity index (χ3v) is 3.96. The molecule has 5 nitrogen and oxygen atoms in total. The van der Waals surface area contributed by atoms with Crippen LogP contribution in [0.25, 0.3) is 4.85 Å². The van der Waals surface area contributed by atoms with E-state index in [-0.39, 0.29) is 0 Å². The molecule has 0 spiro atoms. The van der Waals surface area contributed by atoms with E-state index in [0.29, 0.717) is 37.0 Å². The summed E-state index contributed by atoms with van der Waals surface area (Å²) in [6.07, 6.45) is 0.